The Morgan fingerprint density at radius 3 is 2.15 bits per heavy atom. The Bertz CT molecular complexity index is 1580. The van der Waals surface area contributed by atoms with Crippen molar-refractivity contribution in [2.45, 2.75) is 145 Å². The molecule has 53 heavy (non-hydrogen) atoms. The van der Waals surface area contributed by atoms with Crippen LogP contribution >= 0.6 is 15.9 Å². The zero-order chi connectivity index (χ0) is 38.4. The molecule has 0 unspecified atom stereocenters. The summed E-state index contributed by atoms with van der Waals surface area (Å²) in [5.74, 6) is -3.85. The second-order valence-corrected chi connectivity index (χ2v) is 17.4. The smallest absolute Gasteiger partial charge is 0.331 e. The molecule has 2 N–H and O–H groups in total. The molecule has 6 fully saturated rings. The molecule has 7 rings (SSSR count). The number of cyclic esters (lactones) is 1. The maximum atomic E-state index is 13.1. The van der Waals surface area contributed by atoms with E-state index in [1.54, 1.807) is 13.0 Å². The molecule has 0 radical (unpaired) electrons. The van der Waals surface area contributed by atoms with E-state index in [4.69, 9.17) is 37.9 Å². The molecule has 0 amide bonds. The van der Waals surface area contributed by atoms with Crippen molar-refractivity contribution in [2.75, 3.05) is 13.2 Å². The molecule has 3 heterocycles. The fourth-order valence-electron chi connectivity index (χ4n) is 11.7. The molecule has 294 valence electrons. The molecule has 16 heteroatoms. The number of hydrogen-bond donors (Lipinski definition) is 2. The van der Waals surface area contributed by atoms with Crippen molar-refractivity contribution in [3.63, 3.8) is 0 Å². The van der Waals surface area contributed by atoms with E-state index >= 15 is 0 Å². The highest BCUT2D eigenvalue weighted by Gasteiger charge is 2.81. The standard InChI is InChI=1S/C37H49BrO15/c1-16-29(50-18(3)40)30(51-19(4)41)31(52-20(5)42)33(48-16)53-22-12-25(49-17(2)39)35-15-47-32(37(35,45)13-22)28(38)27-24(35)7-9-34(6)23(8-10-36(27,34)44)21-11-26(43)46-14-21/h11,16,22-25,27-33,44-45H,7-10,12-15H2,1-6H3/t16-,22-,23+,24-,25+,27-,28-,29-,30+,31+,32+,33-,34+,35-,36-,37+/m0/s1. The Labute approximate surface area is 315 Å². The second-order valence-electron chi connectivity index (χ2n) is 16.3. The van der Waals surface area contributed by atoms with Crippen LogP contribution in [0.4, 0.5) is 0 Å². The van der Waals surface area contributed by atoms with Crippen molar-refractivity contribution in [3.05, 3.63) is 11.6 Å². The molecule has 2 bridgehead atoms. The Morgan fingerprint density at radius 1 is 0.887 bits per heavy atom. The van der Waals surface area contributed by atoms with Gasteiger partial charge in [0.1, 0.15) is 18.3 Å². The van der Waals surface area contributed by atoms with Gasteiger partial charge in [-0.2, -0.15) is 0 Å². The number of fused-ring (bicyclic) bond motifs is 3. The van der Waals surface area contributed by atoms with Gasteiger partial charge < -0.3 is 48.1 Å². The van der Waals surface area contributed by atoms with Crippen molar-refractivity contribution >= 4 is 45.8 Å². The van der Waals surface area contributed by atoms with Crippen LogP contribution in [0.2, 0.25) is 0 Å². The summed E-state index contributed by atoms with van der Waals surface area (Å²) in [6, 6.07) is 0. The van der Waals surface area contributed by atoms with Crippen LogP contribution in [-0.4, -0.2) is 118 Å². The monoisotopic (exact) mass is 812 g/mol. The second kappa shape index (κ2) is 13.5. The molecule has 4 aliphatic carbocycles. The van der Waals surface area contributed by atoms with Gasteiger partial charge in [-0.05, 0) is 50.0 Å². The minimum absolute atomic E-state index is 0.0120. The van der Waals surface area contributed by atoms with Gasteiger partial charge in [0.2, 0.25) is 0 Å². The topological polar surface area (TPSA) is 200 Å². The van der Waals surface area contributed by atoms with Gasteiger partial charge in [0, 0.05) is 62.8 Å². The first kappa shape index (κ1) is 38.6. The van der Waals surface area contributed by atoms with Gasteiger partial charge in [0.15, 0.2) is 24.6 Å². The summed E-state index contributed by atoms with van der Waals surface area (Å²) in [5.41, 5.74) is -3.64. The lowest BCUT2D eigenvalue weighted by atomic mass is 9.41. The van der Waals surface area contributed by atoms with Gasteiger partial charge in [-0.3, -0.25) is 19.2 Å². The van der Waals surface area contributed by atoms with Crippen LogP contribution in [0, 0.1) is 28.6 Å². The molecule has 0 spiro atoms. The molecule has 4 saturated carbocycles. The number of carbonyl (C=O) groups is 5. The van der Waals surface area contributed by atoms with Crippen molar-refractivity contribution in [2.24, 2.45) is 28.6 Å². The fourth-order valence-corrected chi connectivity index (χ4v) is 13.1. The highest BCUT2D eigenvalue weighted by molar-refractivity contribution is 9.09. The average Bonchev–Trinajstić information content (AvgIpc) is 3.66. The third-order valence-corrected chi connectivity index (χ3v) is 14.6. The normalized spacial score (nSPS) is 48.3. The lowest BCUT2D eigenvalue weighted by Crippen LogP contribution is -2.77. The van der Waals surface area contributed by atoms with Crippen LogP contribution in [-0.2, 0) is 61.9 Å². The van der Waals surface area contributed by atoms with E-state index in [1.807, 2.05) is 0 Å². The van der Waals surface area contributed by atoms with Crippen LogP contribution in [0.25, 0.3) is 0 Å². The van der Waals surface area contributed by atoms with Crippen LogP contribution in [0.3, 0.4) is 0 Å². The van der Waals surface area contributed by atoms with Gasteiger partial charge in [0.25, 0.3) is 0 Å². The first-order valence-electron chi connectivity index (χ1n) is 18.4. The SMILES string of the molecule is CC(=O)O[C@@H]1[C@@H](OC(C)=O)[C@H](C)O[C@@H](O[C@H]2C[C@@H](OC(C)=O)[C@]34CO[C@H]([C@@H](Br)[C@@H]5[C@@H]3CC[C@]3(C)[C@@H](C6=CC(=O)OC6)CC[C@]53O)[C@]4(O)C2)[C@@H]1OC(C)=O. The fraction of sp³-hybridized carbons (Fsp3) is 0.811. The molecule has 2 saturated heterocycles. The molecular weight excluding hydrogens is 764 g/mol. The summed E-state index contributed by atoms with van der Waals surface area (Å²) >= 11 is 3.92. The van der Waals surface area contributed by atoms with E-state index in [2.05, 4.69) is 22.9 Å². The lowest BCUT2D eigenvalue weighted by Gasteiger charge is -2.67. The number of aliphatic hydroxyl groups is 2. The molecule has 16 atom stereocenters. The number of ether oxygens (including phenoxy) is 8. The number of carbonyl (C=O) groups excluding carboxylic acids is 5. The Morgan fingerprint density at radius 2 is 1.53 bits per heavy atom. The Hall–Kier alpha value is -2.63. The predicted molar refractivity (Wildman–Crippen MR) is 182 cm³/mol. The summed E-state index contributed by atoms with van der Waals surface area (Å²) in [6.45, 7) is 8.81. The van der Waals surface area contributed by atoms with Gasteiger partial charge >= 0.3 is 29.8 Å². The number of alkyl halides is 1. The zero-order valence-electron chi connectivity index (χ0n) is 30.7. The van der Waals surface area contributed by atoms with Crippen LogP contribution < -0.4 is 0 Å². The molecule has 15 nitrogen and oxygen atoms in total. The molecule has 7 aliphatic rings. The molecule has 0 aromatic rings. The molecule has 3 aliphatic heterocycles. The Kier molecular flexibility index (Phi) is 9.87. The third kappa shape index (κ3) is 5.87. The largest absolute Gasteiger partial charge is 0.462 e. The summed E-state index contributed by atoms with van der Waals surface area (Å²) < 4.78 is 47.2. The van der Waals surface area contributed by atoms with E-state index < -0.39 is 106 Å². The van der Waals surface area contributed by atoms with Gasteiger partial charge in [0.05, 0.1) is 35.9 Å². The highest BCUT2D eigenvalue weighted by Crippen LogP contribution is 2.74. The summed E-state index contributed by atoms with van der Waals surface area (Å²) in [5, 5.41) is 26.0. The third-order valence-electron chi connectivity index (χ3n) is 13.6. The lowest BCUT2D eigenvalue weighted by molar-refractivity contribution is -0.329. The minimum Gasteiger partial charge on any atom is -0.462 e. The maximum Gasteiger partial charge on any atom is 0.331 e. The number of hydrogen-bond acceptors (Lipinski definition) is 15. The van der Waals surface area contributed by atoms with Crippen LogP contribution in [0.1, 0.15) is 80.1 Å². The summed E-state index contributed by atoms with van der Waals surface area (Å²) in [7, 11) is 0. The van der Waals surface area contributed by atoms with Gasteiger partial charge in [-0.1, -0.05) is 22.9 Å². The first-order valence-corrected chi connectivity index (χ1v) is 19.4. The number of esters is 5. The molecule has 0 aromatic carbocycles. The van der Waals surface area contributed by atoms with Crippen molar-refractivity contribution in [1.82, 2.24) is 0 Å². The summed E-state index contributed by atoms with van der Waals surface area (Å²) in [6.07, 6.45) is -4.61. The Balaban J connectivity index is 1.22. The summed E-state index contributed by atoms with van der Waals surface area (Å²) in [4.78, 5) is 61.0. The van der Waals surface area contributed by atoms with E-state index in [9.17, 15) is 34.2 Å². The first-order chi connectivity index (χ1) is 24.9. The number of rotatable bonds is 7. The highest BCUT2D eigenvalue weighted by atomic mass is 79.9. The van der Waals surface area contributed by atoms with Crippen molar-refractivity contribution < 1.29 is 72.1 Å². The van der Waals surface area contributed by atoms with Gasteiger partial charge in [-0.25, -0.2) is 4.79 Å². The predicted octanol–water partition coefficient (Wildman–Crippen LogP) is 2.19. The quantitative estimate of drug-likeness (QED) is 0.164. The molecule has 0 aromatic heterocycles. The minimum atomic E-state index is -1.62. The molecular formula is C37H49BrO15. The van der Waals surface area contributed by atoms with Crippen molar-refractivity contribution in [1.29, 1.82) is 0 Å². The van der Waals surface area contributed by atoms with Crippen LogP contribution in [0.5, 0.6) is 0 Å². The van der Waals surface area contributed by atoms with E-state index in [-0.39, 0.29) is 43.9 Å². The van der Waals surface area contributed by atoms with E-state index in [0.717, 1.165) is 5.57 Å². The zero-order valence-corrected chi connectivity index (χ0v) is 32.3. The van der Waals surface area contributed by atoms with Gasteiger partial charge in [-0.15, -0.1) is 0 Å². The number of halogens is 1. The maximum absolute atomic E-state index is 13.1. The average molecular weight is 814 g/mol. The van der Waals surface area contributed by atoms with E-state index in [1.165, 1.54) is 27.7 Å². The van der Waals surface area contributed by atoms with E-state index in [0.29, 0.717) is 25.7 Å². The van der Waals surface area contributed by atoms with Crippen LogP contribution in [0.15, 0.2) is 11.6 Å². The van der Waals surface area contributed by atoms with Crippen molar-refractivity contribution in [3.8, 4) is 0 Å².